The van der Waals surface area contributed by atoms with Gasteiger partial charge < -0.3 is 4.57 Å². The summed E-state index contributed by atoms with van der Waals surface area (Å²) in [6.45, 7) is 3.65. The van der Waals surface area contributed by atoms with Crippen molar-refractivity contribution in [1.29, 1.82) is 0 Å². The van der Waals surface area contributed by atoms with Crippen molar-refractivity contribution >= 4 is 44.5 Å². The zero-order chi connectivity index (χ0) is 21.5. The lowest BCUT2D eigenvalue weighted by Gasteiger charge is -2.14. The van der Waals surface area contributed by atoms with Crippen LogP contribution in [0.3, 0.4) is 0 Å². The maximum atomic E-state index is 13.2. The number of thiazole rings is 1. The summed E-state index contributed by atoms with van der Waals surface area (Å²) in [5.74, 6) is 0. The Kier molecular flexibility index (Phi) is 5.29. The SMILES string of the molecule is Cc1cc(C=NNc2nc3ccccc3s2)c(C)n1-c1ccc(Cl)c(C(F)(F)F)c1. The Hall–Kier alpha value is -2.84. The van der Waals surface area contributed by atoms with Crippen LogP contribution in [0.15, 0.2) is 53.6 Å². The molecule has 0 amide bonds. The minimum absolute atomic E-state index is 0.324. The number of para-hydroxylation sites is 1. The second kappa shape index (κ2) is 7.77. The van der Waals surface area contributed by atoms with Gasteiger partial charge in [0.25, 0.3) is 0 Å². The van der Waals surface area contributed by atoms with E-state index in [0.717, 1.165) is 33.2 Å². The average molecular weight is 449 g/mol. The minimum Gasteiger partial charge on any atom is -0.318 e. The van der Waals surface area contributed by atoms with Gasteiger partial charge in [-0.3, -0.25) is 5.43 Å². The number of benzene rings is 2. The van der Waals surface area contributed by atoms with E-state index in [2.05, 4.69) is 15.5 Å². The number of hydrogen-bond donors (Lipinski definition) is 1. The van der Waals surface area contributed by atoms with Gasteiger partial charge >= 0.3 is 6.18 Å². The number of aryl methyl sites for hydroxylation is 1. The van der Waals surface area contributed by atoms with Crippen LogP contribution < -0.4 is 5.43 Å². The standard InChI is InChI=1S/C21H16ClF3N4S/c1-12-9-14(11-26-28-20-27-18-5-3-4-6-19(18)30-20)13(2)29(12)15-7-8-17(22)16(10-15)21(23,24)25/h3-11H,1-2H3,(H,27,28). The van der Waals surface area contributed by atoms with Crippen molar-refractivity contribution in [3.05, 3.63) is 76.1 Å². The lowest BCUT2D eigenvalue weighted by molar-refractivity contribution is -0.137. The third kappa shape index (κ3) is 3.93. The van der Waals surface area contributed by atoms with Crippen LogP contribution in [-0.4, -0.2) is 15.8 Å². The van der Waals surface area contributed by atoms with Crippen LogP contribution in [0.1, 0.15) is 22.5 Å². The molecular formula is C21H16ClF3N4S. The van der Waals surface area contributed by atoms with Crippen LogP contribution in [-0.2, 0) is 6.18 Å². The summed E-state index contributed by atoms with van der Waals surface area (Å²) >= 11 is 7.23. The molecule has 0 fully saturated rings. The van der Waals surface area contributed by atoms with E-state index >= 15 is 0 Å². The lowest BCUT2D eigenvalue weighted by atomic mass is 10.2. The van der Waals surface area contributed by atoms with E-state index in [1.165, 1.54) is 17.4 Å². The summed E-state index contributed by atoms with van der Waals surface area (Å²) in [6.07, 6.45) is -2.89. The average Bonchev–Trinajstić information content (AvgIpc) is 3.22. The molecule has 30 heavy (non-hydrogen) atoms. The van der Waals surface area contributed by atoms with Crippen LogP contribution in [0.4, 0.5) is 18.3 Å². The van der Waals surface area contributed by atoms with Gasteiger partial charge in [0.2, 0.25) is 5.13 Å². The number of nitrogens with one attached hydrogen (secondary N) is 1. The van der Waals surface area contributed by atoms with Crippen molar-refractivity contribution in [2.24, 2.45) is 5.10 Å². The highest BCUT2D eigenvalue weighted by Crippen LogP contribution is 2.36. The summed E-state index contributed by atoms with van der Waals surface area (Å²) in [5, 5.41) is 4.58. The molecule has 4 nitrogen and oxygen atoms in total. The molecule has 0 unspecified atom stereocenters. The quantitative estimate of drug-likeness (QED) is 0.275. The van der Waals surface area contributed by atoms with E-state index in [9.17, 15) is 13.2 Å². The maximum Gasteiger partial charge on any atom is 0.417 e. The van der Waals surface area contributed by atoms with Gasteiger partial charge in [-0.15, -0.1) is 0 Å². The molecule has 4 aromatic rings. The zero-order valence-electron chi connectivity index (χ0n) is 16.0. The molecule has 0 radical (unpaired) electrons. The molecule has 2 aromatic carbocycles. The molecule has 154 valence electrons. The highest BCUT2D eigenvalue weighted by atomic mass is 35.5. The van der Waals surface area contributed by atoms with Crippen LogP contribution in [0.2, 0.25) is 5.02 Å². The Morgan fingerprint density at radius 3 is 2.63 bits per heavy atom. The second-order valence-electron chi connectivity index (χ2n) is 6.68. The highest BCUT2D eigenvalue weighted by molar-refractivity contribution is 7.22. The Morgan fingerprint density at radius 1 is 1.13 bits per heavy atom. The van der Waals surface area contributed by atoms with Gasteiger partial charge in [-0.1, -0.05) is 35.1 Å². The Labute approximate surface area is 179 Å². The van der Waals surface area contributed by atoms with E-state index in [1.807, 2.05) is 44.2 Å². The molecule has 0 saturated carbocycles. The van der Waals surface area contributed by atoms with E-state index < -0.39 is 11.7 Å². The molecule has 0 saturated heterocycles. The molecule has 2 heterocycles. The maximum absolute atomic E-state index is 13.2. The summed E-state index contributed by atoms with van der Waals surface area (Å²) < 4.78 is 42.5. The molecule has 2 aromatic heterocycles. The predicted octanol–water partition coefficient (Wildman–Crippen LogP) is 6.82. The minimum atomic E-state index is -4.52. The van der Waals surface area contributed by atoms with Gasteiger partial charge in [0.1, 0.15) is 0 Å². The van der Waals surface area contributed by atoms with Crippen molar-refractivity contribution in [1.82, 2.24) is 9.55 Å². The number of halogens is 4. The number of nitrogens with zero attached hydrogens (tertiary/aromatic N) is 3. The molecule has 0 atom stereocenters. The van der Waals surface area contributed by atoms with E-state index in [0.29, 0.717) is 10.8 Å². The van der Waals surface area contributed by atoms with Crippen molar-refractivity contribution in [2.45, 2.75) is 20.0 Å². The molecule has 0 aliphatic rings. The van der Waals surface area contributed by atoms with Crippen molar-refractivity contribution in [2.75, 3.05) is 5.43 Å². The van der Waals surface area contributed by atoms with Gasteiger partial charge in [-0.05, 0) is 50.2 Å². The van der Waals surface area contributed by atoms with E-state index in [-0.39, 0.29) is 5.02 Å². The first-order valence-electron chi connectivity index (χ1n) is 8.95. The topological polar surface area (TPSA) is 42.2 Å². The van der Waals surface area contributed by atoms with Crippen LogP contribution >= 0.6 is 22.9 Å². The normalized spacial score (nSPS) is 12.2. The zero-order valence-corrected chi connectivity index (χ0v) is 17.5. The molecule has 0 spiro atoms. The Balaban J connectivity index is 1.61. The molecule has 1 N–H and O–H groups in total. The fourth-order valence-electron chi connectivity index (χ4n) is 3.26. The summed E-state index contributed by atoms with van der Waals surface area (Å²) in [5.41, 5.74) is 5.66. The van der Waals surface area contributed by atoms with Crippen LogP contribution in [0.5, 0.6) is 0 Å². The fraction of sp³-hybridized carbons (Fsp3) is 0.143. The monoisotopic (exact) mass is 448 g/mol. The third-order valence-electron chi connectivity index (χ3n) is 4.64. The molecule has 0 aliphatic heterocycles. The summed E-state index contributed by atoms with van der Waals surface area (Å²) in [6, 6.07) is 13.5. The van der Waals surface area contributed by atoms with Gasteiger partial charge in [0.15, 0.2) is 0 Å². The molecule has 0 aliphatic carbocycles. The molecule has 4 rings (SSSR count). The smallest absolute Gasteiger partial charge is 0.318 e. The van der Waals surface area contributed by atoms with Crippen LogP contribution in [0, 0.1) is 13.8 Å². The van der Waals surface area contributed by atoms with Crippen molar-refractivity contribution in [3.63, 3.8) is 0 Å². The number of anilines is 1. The molecule has 9 heteroatoms. The third-order valence-corrected chi connectivity index (χ3v) is 5.91. The number of fused-ring (bicyclic) bond motifs is 1. The fourth-order valence-corrected chi connectivity index (χ4v) is 4.30. The largest absolute Gasteiger partial charge is 0.417 e. The number of hydrazone groups is 1. The Morgan fingerprint density at radius 2 is 1.90 bits per heavy atom. The number of aromatic nitrogens is 2. The summed E-state index contributed by atoms with van der Waals surface area (Å²) in [4.78, 5) is 4.45. The predicted molar refractivity (Wildman–Crippen MR) is 116 cm³/mol. The van der Waals surface area contributed by atoms with Gasteiger partial charge in [-0.25, -0.2) is 4.98 Å². The van der Waals surface area contributed by atoms with E-state index in [1.54, 1.807) is 16.8 Å². The first-order chi connectivity index (χ1) is 14.2. The van der Waals surface area contributed by atoms with Gasteiger partial charge in [0, 0.05) is 22.6 Å². The number of hydrogen-bond acceptors (Lipinski definition) is 4. The highest BCUT2D eigenvalue weighted by Gasteiger charge is 2.33. The second-order valence-corrected chi connectivity index (χ2v) is 8.12. The number of rotatable bonds is 4. The van der Waals surface area contributed by atoms with Gasteiger partial charge in [-0.2, -0.15) is 18.3 Å². The van der Waals surface area contributed by atoms with E-state index in [4.69, 9.17) is 11.6 Å². The van der Waals surface area contributed by atoms with Crippen molar-refractivity contribution < 1.29 is 13.2 Å². The van der Waals surface area contributed by atoms with Crippen LogP contribution in [0.25, 0.3) is 15.9 Å². The molecule has 0 bridgehead atoms. The molecular weight excluding hydrogens is 433 g/mol. The number of alkyl halides is 3. The lowest BCUT2D eigenvalue weighted by Crippen LogP contribution is -2.08. The Bertz CT molecular complexity index is 1220. The first-order valence-corrected chi connectivity index (χ1v) is 10.1. The summed E-state index contributed by atoms with van der Waals surface area (Å²) in [7, 11) is 0. The van der Waals surface area contributed by atoms with Crippen molar-refractivity contribution in [3.8, 4) is 5.69 Å². The van der Waals surface area contributed by atoms with Gasteiger partial charge in [0.05, 0.1) is 27.0 Å². The first kappa shape index (κ1) is 20.4.